The molecule has 0 heterocycles. The van der Waals surface area contributed by atoms with Crippen LogP contribution < -0.4 is 5.73 Å². The highest BCUT2D eigenvalue weighted by atomic mass is 32.2. The average Bonchev–Trinajstić information content (AvgIpc) is 3.11. The lowest BCUT2D eigenvalue weighted by molar-refractivity contribution is -0.153. The molecule has 0 unspecified atom stereocenters. The van der Waals surface area contributed by atoms with Gasteiger partial charge in [-0.15, -0.1) is 11.8 Å². The molecule has 0 saturated heterocycles. The summed E-state index contributed by atoms with van der Waals surface area (Å²) in [6.45, 7) is 6.13. The van der Waals surface area contributed by atoms with E-state index in [1.807, 2.05) is 30.4 Å². The summed E-state index contributed by atoms with van der Waals surface area (Å²) in [6, 6.07) is -1.01. The monoisotopic (exact) mass is 752 g/mol. The van der Waals surface area contributed by atoms with Gasteiger partial charge in [0.1, 0.15) is 25.4 Å². The molecule has 0 bridgehead atoms. The minimum atomic E-state index is -1.16. The second kappa shape index (κ2) is 35.6. The summed E-state index contributed by atoms with van der Waals surface area (Å²) in [6.07, 6.45) is 33.4. The number of carbonyl (C=O) groups is 3. The summed E-state index contributed by atoms with van der Waals surface area (Å²) in [7, 11) is 0. The molecule has 0 amide bonds. The van der Waals surface area contributed by atoms with Crippen molar-refractivity contribution in [1.82, 2.24) is 0 Å². The lowest BCUT2D eigenvalue weighted by Crippen LogP contribution is -2.38. The van der Waals surface area contributed by atoms with Crippen LogP contribution in [0, 0.1) is 5.92 Å². The number of rotatable bonds is 35. The highest BCUT2D eigenvalue weighted by molar-refractivity contribution is 8.00. The quantitative estimate of drug-likeness (QED) is 0.0213. The van der Waals surface area contributed by atoms with Crippen LogP contribution in [0.25, 0.3) is 0 Å². The molecule has 0 fully saturated rings. The van der Waals surface area contributed by atoms with E-state index in [4.69, 9.17) is 20.3 Å². The predicted molar refractivity (Wildman–Crippen MR) is 215 cm³/mol. The second-order valence-corrected chi connectivity index (χ2v) is 15.3. The number of esters is 2. The summed E-state index contributed by atoms with van der Waals surface area (Å²) in [5.74, 6) is -1.07. The number of aliphatic hydroxyl groups excluding tert-OH is 2. The maximum atomic E-state index is 12.5. The van der Waals surface area contributed by atoms with Crippen LogP contribution in [0.3, 0.4) is 0 Å². The van der Waals surface area contributed by atoms with Crippen LogP contribution in [0.5, 0.6) is 0 Å². The molecule has 300 valence electrons. The molecule has 0 aliphatic rings. The third-order valence-corrected chi connectivity index (χ3v) is 9.90. The Hall–Kier alpha value is -2.40. The van der Waals surface area contributed by atoms with Crippen LogP contribution in [-0.4, -0.2) is 75.7 Å². The van der Waals surface area contributed by atoms with Gasteiger partial charge in [0.2, 0.25) is 0 Å². The van der Waals surface area contributed by atoms with Crippen molar-refractivity contribution in [3.05, 3.63) is 48.6 Å². The van der Waals surface area contributed by atoms with Gasteiger partial charge >= 0.3 is 17.9 Å². The summed E-state index contributed by atoms with van der Waals surface area (Å²) < 4.78 is 10.3. The van der Waals surface area contributed by atoms with Crippen molar-refractivity contribution in [2.75, 3.05) is 19.0 Å². The smallest absolute Gasteiger partial charge is 0.323 e. The molecule has 9 nitrogen and oxygen atoms in total. The Morgan fingerprint density at radius 3 is 2.00 bits per heavy atom. The van der Waals surface area contributed by atoms with Gasteiger partial charge in [0.25, 0.3) is 0 Å². The van der Waals surface area contributed by atoms with E-state index in [0.29, 0.717) is 12.8 Å². The molecule has 5 N–H and O–H groups in total. The van der Waals surface area contributed by atoms with Gasteiger partial charge in [0, 0.05) is 23.8 Å². The van der Waals surface area contributed by atoms with Crippen LogP contribution >= 0.6 is 11.8 Å². The molecule has 0 saturated carbocycles. The average molecular weight is 752 g/mol. The number of hydrogen-bond acceptors (Lipinski definition) is 9. The van der Waals surface area contributed by atoms with Gasteiger partial charge in [-0.05, 0) is 44.4 Å². The summed E-state index contributed by atoms with van der Waals surface area (Å²) in [4.78, 5) is 35.5. The predicted octanol–water partition coefficient (Wildman–Crippen LogP) is 9.01. The third kappa shape index (κ3) is 33.4. The van der Waals surface area contributed by atoms with E-state index >= 15 is 0 Å². The van der Waals surface area contributed by atoms with Crippen molar-refractivity contribution in [2.45, 2.75) is 173 Å². The molecule has 52 heavy (non-hydrogen) atoms. The van der Waals surface area contributed by atoms with Gasteiger partial charge in [-0.2, -0.15) is 0 Å². The Bertz CT molecular complexity index is 1010. The Balaban J connectivity index is 4.39. The fourth-order valence-electron chi connectivity index (χ4n) is 5.30. The van der Waals surface area contributed by atoms with Crippen LogP contribution in [-0.2, 0) is 23.9 Å². The van der Waals surface area contributed by atoms with E-state index in [9.17, 15) is 24.6 Å². The Labute approximate surface area is 320 Å². The molecular weight excluding hydrogens is 679 g/mol. The molecule has 0 aliphatic heterocycles. The van der Waals surface area contributed by atoms with Crippen LogP contribution in [0.1, 0.15) is 149 Å². The third-order valence-electron chi connectivity index (χ3n) is 8.49. The number of thioether (sulfide) groups is 1. The molecule has 10 heteroatoms. The number of carbonyl (C=O) groups excluding carboxylic acids is 2. The number of hydrogen-bond donors (Lipinski definition) is 4. The van der Waals surface area contributed by atoms with Crippen molar-refractivity contribution >= 4 is 29.7 Å². The first-order chi connectivity index (χ1) is 25.1. The zero-order valence-corrected chi connectivity index (χ0v) is 33.5. The van der Waals surface area contributed by atoms with Gasteiger partial charge in [0.05, 0.1) is 6.10 Å². The fourth-order valence-corrected chi connectivity index (χ4v) is 6.42. The van der Waals surface area contributed by atoms with Crippen LogP contribution in [0.4, 0.5) is 0 Å². The molecular formula is C42H73NO8S. The molecule has 4 atom stereocenters. The van der Waals surface area contributed by atoms with Gasteiger partial charge < -0.3 is 30.5 Å². The van der Waals surface area contributed by atoms with E-state index in [-0.39, 0.29) is 37.8 Å². The van der Waals surface area contributed by atoms with Crippen molar-refractivity contribution in [3.8, 4) is 0 Å². The first-order valence-corrected chi connectivity index (χ1v) is 21.0. The number of ether oxygens (including phenoxy) is 2. The van der Waals surface area contributed by atoms with E-state index in [2.05, 4.69) is 39.0 Å². The molecule has 0 aromatic carbocycles. The largest absolute Gasteiger partial charge is 0.481 e. The van der Waals surface area contributed by atoms with E-state index < -0.39 is 35.4 Å². The minimum Gasteiger partial charge on any atom is -0.481 e. The zero-order chi connectivity index (χ0) is 38.7. The first kappa shape index (κ1) is 49.6. The minimum absolute atomic E-state index is 0.0433. The van der Waals surface area contributed by atoms with Crippen molar-refractivity contribution in [1.29, 1.82) is 0 Å². The Morgan fingerprint density at radius 1 is 0.712 bits per heavy atom. The summed E-state index contributed by atoms with van der Waals surface area (Å²) >= 11 is 1.27. The molecule has 0 aromatic rings. The fraction of sp³-hybridized carbons (Fsp3) is 0.738. The summed E-state index contributed by atoms with van der Waals surface area (Å²) in [5.41, 5.74) is 6.05. The lowest BCUT2D eigenvalue weighted by Gasteiger charge is -2.21. The molecule has 0 spiro atoms. The standard InChI is InChI=1S/C42H73NO8S/c1-4-5-6-7-8-9-10-11-15-18-21-24-29-39(38(45)28-26-30-40(46)47)52-34-37(43)42(49)51-33-36(44)32-50-41(48)31-25-22-19-16-13-12-14-17-20-23-27-35(2)3/h8-9,11,15,18,21,24,29,35-39,44-45H,4-7,10,12-14,16-17,19-20,22-23,25-28,30-34,43H2,1-3H3,(H,46,47)/b9-8-,15-11-,21-18+,29-24+/t36-,37-,38-,39+/m0/s1. The van der Waals surface area contributed by atoms with Crippen molar-refractivity contribution in [3.63, 3.8) is 0 Å². The number of aliphatic hydroxyl groups is 2. The van der Waals surface area contributed by atoms with E-state index in [1.54, 1.807) is 0 Å². The molecule has 0 rings (SSSR count). The molecule has 0 aromatic heterocycles. The highest BCUT2D eigenvalue weighted by Gasteiger charge is 2.23. The second-order valence-electron chi connectivity index (χ2n) is 14.1. The van der Waals surface area contributed by atoms with E-state index in [1.165, 1.54) is 82.4 Å². The lowest BCUT2D eigenvalue weighted by atomic mass is 10.0. The van der Waals surface area contributed by atoms with Crippen molar-refractivity contribution < 1.29 is 39.2 Å². The number of allylic oxidation sites excluding steroid dienone is 7. The number of nitrogens with two attached hydrogens (primary N) is 1. The number of aliphatic carboxylic acids is 1. The SMILES string of the molecule is CCCCC/C=C\C\C=C/C=C/C=C/[C@@H](SC[C@H](N)C(=O)OC[C@@H](O)COC(=O)CCCCCCCCCCCCC(C)C)[C@@H](O)CCCC(=O)O. The molecule has 0 aliphatic carbocycles. The van der Waals surface area contributed by atoms with Crippen molar-refractivity contribution in [2.24, 2.45) is 11.7 Å². The van der Waals surface area contributed by atoms with Gasteiger partial charge in [-0.25, -0.2) is 0 Å². The van der Waals surface area contributed by atoms with Crippen LogP contribution in [0.2, 0.25) is 0 Å². The zero-order valence-electron chi connectivity index (χ0n) is 32.6. The summed E-state index contributed by atoms with van der Waals surface area (Å²) in [5, 5.41) is 29.4. The topological polar surface area (TPSA) is 156 Å². The van der Waals surface area contributed by atoms with Gasteiger partial charge in [-0.3, -0.25) is 14.4 Å². The first-order valence-electron chi connectivity index (χ1n) is 20.0. The molecule has 0 radical (unpaired) electrons. The van der Waals surface area contributed by atoms with Crippen LogP contribution in [0.15, 0.2) is 48.6 Å². The van der Waals surface area contributed by atoms with E-state index in [0.717, 1.165) is 38.0 Å². The van der Waals surface area contributed by atoms with Gasteiger partial charge in [-0.1, -0.05) is 146 Å². The maximum absolute atomic E-state index is 12.5. The Kier molecular flexibility index (Phi) is 34.0. The Morgan fingerprint density at radius 2 is 1.35 bits per heavy atom. The normalized spacial score (nSPS) is 14.5. The number of unbranched alkanes of at least 4 members (excludes halogenated alkanes) is 12. The number of carboxylic acids is 1. The van der Waals surface area contributed by atoms with Gasteiger partial charge in [0.15, 0.2) is 0 Å². The maximum Gasteiger partial charge on any atom is 0.323 e. The number of carboxylic acid groups (broad SMARTS) is 1. The highest BCUT2D eigenvalue weighted by Crippen LogP contribution is 2.21.